The molecule has 0 spiro atoms. The van der Waals surface area contributed by atoms with E-state index in [9.17, 15) is 80.9 Å². The van der Waals surface area contributed by atoms with E-state index < -0.39 is 278 Å². The van der Waals surface area contributed by atoms with Gasteiger partial charge < -0.3 is 148 Å². The highest BCUT2D eigenvalue weighted by Crippen LogP contribution is 2.51. The average Bonchev–Trinajstić information content (AvgIpc) is 1.20. The molecule has 0 radical (unpaired) electrons. The largest absolute Gasteiger partial charge is 0.508 e. The number of rotatable bonds is 19. The predicted molar refractivity (Wildman–Crippen MR) is 440 cm³/mol. The van der Waals surface area contributed by atoms with Gasteiger partial charge >= 0.3 is 5.97 Å². The molecule has 7 aromatic rings. The molecule has 41 heteroatoms. The molecule has 666 valence electrons. The van der Waals surface area contributed by atoms with Crippen LogP contribution >= 0.6 is 34.5 Å². The lowest BCUT2D eigenvalue weighted by molar-refractivity contribution is -0.350. The lowest BCUT2D eigenvalue weighted by Gasteiger charge is -2.47. The van der Waals surface area contributed by atoms with Crippen molar-refractivity contribution in [2.75, 3.05) is 20.2 Å². The van der Waals surface area contributed by atoms with Crippen LogP contribution in [0.25, 0.3) is 21.6 Å². The van der Waals surface area contributed by atoms with Gasteiger partial charge in [0.2, 0.25) is 53.4 Å². The fraction of sp³-hybridized carbons (Fsp3) is 0.417. The number of carboxylic acid groups (broad SMARTS) is 1. The molecule has 24 N–H and O–H groups in total. The summed E-state index contributed by atoms with van der Waals surface area (Å²) in [6.07, 6.45) is -27.1. The van der Waals surface area contributed by atoms with E-state index in [1.54, 1.807) is 24.3 Å². The lowest BCUT2D eigenvalue weighted by atomic mass is 9.75. The van der Waals surface area contributed by atoms with Crippen molar-refractivity contribution < 1.29 is 133 Å². The van der Waals surface area contributed by atoms with Crippen molar-refractivity contribution in [3.63, 3.8) is 0 Å². The second-order valence-corrected chi connectivity index (χ2v) is 34.0. The van der Waals surface area contributed by atoms with E-state index in [0.29, 0.717) is 5.56 Å². The van der Waals surface area contributed by atoms with Crippen molar-refractivity contribution in [2.24, 2.45) is 17.4 Å². The normalized spacial score (nSPS) is 29.7. The standard InChI is InChI=1S/C84H93Cl2N11O27S/c1-32(2)18-46(90-5)75(110)97-65-66(103)38-12-16-51(45(86)21-38)120-53-23-39-22-52(72(53)123-83-71(108)69(106)73(56(31-98)122-83)124-82-70(107)68(105)67(104)55(121-82)30-91-29-41-13-17-57(125-41)35-8-6-34(28-87)7-9-35)119-50-15-11-36(20-44(50)85)59(54-27-84(4,89)74(109)33(3)118-54)64-79(114)95-63(81(116)117)43-24-40(99)25-49(101)60(43)42-19-37(10-14-48(42)100)61(77(112)96-64)94-78(113)62(39)93-76(111)47(26-58(88)102)92-80(65)115/h6-17,19-25,32-33,46-47,54-56,59,61-71,73-74,82-83,90-91,98-101,103-109H,18,26-27,29-31,89H2,1-5H3,(H2,88,102)(H,92,115)(H,93,111)(H,94,113)(H,95,114)(H,96,112)(H,97,110)(H,116,117)/t33-,46+,47-,54+,55+,56+,59?,61+,62+,63+,64-,65+,66+,67-,68-,69+,70+,71+,73+,74-,82-,83-,84-/m0/s1. The number of aliphatic carboxylic acids is 1. The van der Waals surface area contributed by atoms with Crippen LogP contribution in [-0.2, 0) is 63.8 Å². The molecule has 125 heavy (non-hydrogen) atoms. The number of hydrogen-bond donors (Lipinski definition) is 22. The maximum Gasteiger partial charge on any atom is 0.330 e. The maximum atomic E-state index is 16.5. The molecule has 8 aliphatic heterocycles. The molecule has 38 nitrogen and oxygen atoms in total. The van der Waals surface area contributed by atoms with Crippen LogP contribution in [0.4, 0.5) is 0 Å². The van der Waals surface area contributed by atoms with Gasteiger partial charge in [0.25, 0.3) is 0 Å². The number of carboxylic acids is 1. The summed E-state index contributed by atoms with van der Waals surface area (Å²) in [5.41, 5.74) is 9.69. The number of thiophene rings is 1. The van der Waals surface area contributed by atoms with Crippen molar-refractivity contribution in [2.45, 2.75) is 193 Å². The highest BCUT2D eigenvalue weighted by molar-refractivity contribution is 7.15. The van der Waals surface area contributed by atoms with Crippen LogP contribution in [0, 0.1) is 17.2 Å². The zero-order valence-electron chi connectivity index (χ0n) is 67.2. The Morgan fingerprint density at radius 2 is 1.32 bits per heavy atom. The van der Waals surface area contributed by atoms with E-state index in [1.807, 2.05) is 26.0 Å². The number of carbonyl (C=O) groups is 8. The quantitative estimate of drug-likeness (QED) is 0.0544. The maximum absolute atomic E-state index is 16.5. The number of nitrogens with zero attached hydrogens (tertiary/aromatic N) is 1. The van der Waals surface area contributed by atoms with Crippen LogP contribution in [0.5, 0.6) is 46.0 Å². The van der Waals surface area contributed by atoms with E-state index in [2.05, 4.69) is 48.6 Å². The topological polar surface area (TPSA) is 616 Å². The Balaban J connectivity index is 0.966. The molecule has 1 unspecified atom stereocenters. The smallest absolute Gasteiger partial charge is 0.330 e. The molecule has 0 saturated carbocycles. The van der Waals surface area contributed by atoms with Crippen LogP contribution in [0.2, 0.25) is 10.0 Å². The number of likely N-dealkylation sites (N-methyl/N-ethyl adjacent to an activating group) is 1. The molecule has 3 saturated heterocycles. The third-order valence-electron chi connectivity index (χ3n) is 22.6. The van der Waals surface area contributed by atoms with Crippen LogP contribution < -0.4 is 68.2 Å². The Labute approximate surface area is 726 Å². The van der Waals surface area contributed by atoms with E-state index in [-0.39, 0.29) is 48.5 Å². The monoisotopic (exact) mass is 1790 g/mol. The van der Waals surface area contributed by atoms with Gasteiger partial charge in [-0.2, -0.15) is 5.26 Å². The van der Waals surface area contributed by atoms with E-state index in [1.165, 1.54) is 56.5 Å². The molecular weight excluding hydrogens is 1700 g/mol. The number of benzene rings is 6. The molecule has 15 rings (SSSR count). The number of fused-ring (bicyclic) bond motifs is 15. The first-order valence-electron chi connectivity index (χ1n) is 39.6. The van der Waals surface area contributed by atoms with Crippen molar-refractivity contribution >= 4 is 81.9 Å². The number of hydrogen-bond acceptors (Lipinski definition) is 31. The van der Waals surface area contributed by atoms with Crippen LogP contribution in [0.15, 0.2) is 115 Å². The molecule has 8 aliphatic rings. The minimum atomic E-state index is -2.41. The van der Waals surface area contributed by atoms with Gasteiger partial charge in [0.1, 0.15) is 114 Å². The predicted octanol–water partition coefficient (Wildman–Crippen LogP) is 1.40. The Kier molecular flexibility index (Phi) is 28.0. The van der Waals surface area contributed by atoms with Gasteiger partial charge in [-0.25, -0.2) is 4.79 Å². The minimum Gasteiger partial charge on any atom is -0.508 e. The first-order chi connectivity index (χ1) is 59.3. The van der Waals surface area contributed by atoms with Crippen molar-refractivity contribution in [1.29, 1.82) is 5.26 Å². The van der Waals surface area contributed by atoms with Crippen LogP contribution in [-0.4, -0.2) is 238 Å². The number of halogens is 2. The van der Waals surface area contributed by atoms with Crippen LogP contribution in [0.3, 0.4) is 0 Å². The van der Waals surface area contributed by atoms with E-state index in [0.717, 1.165) is 69.9 Å². The van der Waals surface area contributed by atoms with Gasteiger partial charge in [0.15, 0.2) is 23.8 Å². The summed E-state index contributed by atoms with van der Waals surface area (Å²) < 4.78 is 45.0. The molecule has 23 atom stereocenters. The Bertz CT molecular complexity index is 5310. The third-order valence-corrected chi connectivity index (χ3v) is 24.3. The fourth-order valence-corrected chi connectivity index (χ4v) is 17.5. The molecule has 11 bridgehead atoms. The Morgan fingerprint density at radius 1 is 0.688 bits per heavy atom. The minimum absolute atomic E-state index is 0.0386. The molecule has 3 fully saturated rings. The number of ether oxygens (including phenoxy) is 7. The number of aromatic hydroxyl groups is 3. The molecule has 7 amide bonds. The highest BCUT2D eigenvalue weighted by atomic mass is 35.5. The van der Waals surface area contributed by atoms with Gasteiger partial charge in [0, 0.05) is 57.1 Å². The molecule has 1 aromatic heterocycles. The first-order valence-corrected chi connectivity index (χ1v) is 41.2. The Hall–Kier alpha value is -11.0. The second-order valence-electron chi connectivity index (χ2n) is 32.0. The molecule has 9 heterocycles. The SMILES string of the molecule is CN[C@H](CC(C)C)C(=O)N[C@H]1C(=O)N[C@@H](CC(N)=O)C(=O)N[C@H]2C(=O)N[C@H]3C(=O)N[C@H](C(=O)N[C@@H](C(=O)O)c4cc(O)cc(O)c4-c4cc3ccc4O)C([C@H]3C[C@](C)(N)[C@@H](O)[C@H](C)O3)c3ccc(c(Cl)c3)Oc3cc2cc(c3O[C@@H]2O[C@H](CO)[C@@H](O[C@@H]3O[C@H](CNCc4ccc(-c5ccc(C#N)cc5)s4)[C@H](O)[C@H](O)[C@H]3O)[C@H](O)[C@H]2O)Oc2ccc(cc2Cl)[C@H]1O. The van der Waals surface area contributed by atoms with Gasteiger partial charge in [0.05, 0.1) is 59.1 Å². The number of primary amides is 1. The number of nitrogens with two attached hydrogens (primary N) is 2. The number of aliphatic hydroxyl groups is 8. The van der Waals surface area contributed by atoms with E-state index in [4.69, 9.17) is 67.8 Å². The van der Waals surface area contributed by atoms with Crippen molar-refractivity contribution in [1.82, 2.24) is 42.5 Å². The summed E-state index contributed by atoms with van der Waals surface area (Å²) in [5.74, 6) is -18.0. The number of amides is 7. The molecule has 0 aliphatic carbocycles. The molecule has 6 aromatic carbocycles. The summed E-state index contributed by atoms with van der Waals surface area (Å²) in [4.78, 5) is 122. The van der Waals surface area contributed by atoms with Crippen molar-refractivity contribution in [3.8, 4) is 73.6 Å². The third kappa shape index (κ3) is 19.7. The number of nitrogens with one attached hydrogen (secondary N) is 8. The summed E-state index contributed by atoms with van der Waals surface area (Å²) in [7, 11) is 1.46. The lowest BCUT2D eigenvalue weighted by Crippen LogP contribution is -2.65. The van der Waals surface area contributed by atoms with Crippen molar-refractivity contribution in [3.05, 3.63) is 164 Å². The second kappa shape index (κ2) is 38.1. The number of carbonyl (C=O) groups excluding carboxylic acids is 7. The number of phenols is 3. The number of aliphatic hydroxyl groups excluding tert-OH is 8. The zero-order chi connectivity index (χ0) is 90.2. The van der Waals surface area contributed by atoms with Gasteiger partial charge in [-0.05, 0) is 146 Å². The number of nitriles is 1. The first kappa shape index (κ1) is 91.7. The summed E-state index contributed by atoms with van der Waals surface area (Å²) in [6.45, 7) is 5.47. The van der Waals surface area contributed by atoms with Gasteiger partial charge in [-0.1, -0.05) is 67.4 Å². The van der Waals surface area contributed by atoms with E-state index >= 15 is 24.0 Å². The summed E-state index contributed by atoms with van der Waals surface area (Å²) >= 11 is 16.0. The Morgan fingerprint density at radius 3 is 1.95 bits per heavy atom. The van der Waals surface area contributed by atoms with Gasteiger partial charge in [-0.15, -0.1) is 11.3 Å². The highest BCUT2D eigenvalue weighted by Gasteiger charge is 2.54. The summed E-state index contributed by atoms with van der Waals surface area (Å²) in [5, 5.41) is 169. The summed E-state index contributed by atoms with van der Waals surface area (Å²) in [6, 6.07) is 12.3. The number of phenolic OH excluding ortho intramolecular Hbond substituents is 3. The van der Waals surface area contributed by atoms with Gasteiger partial charge in [-0.3, -0.25) is 33.6 Å². The zero-order valence-corrected chi connectivity index (χ0v) is 69.6. The molecular formula is C84H93Cl2N11O27S. The fourth-order valence-electron chi connectivity index (χ4n) is 16.1. The van der Waals surface area contributed by atoms with Crippen LogP contribution in [0.1, 0.15) is 115 Å². The average molecular weight is 1790 g/mol.